The number of hydrogen-bond acceptors (Lipinski definition) is 4. The Balaban J connectivity index is 1.67. The summed E-state index contributed by atoms with van der Waals surface area (Å²) in [7, 11) is 0. The van der Waals surface area contributed by atoms with Crippen LogP contribution in [0.1, 0.15) is 43.4 Å². The van der Waals surface area contributed by atoms with E-state index in [1.807, 2.05) is 42.5 Å². The Bertz CT molecular complexity index is 837. The van der Waals surface area contributed by atoms with Crippen LogP contribution in [0.4, 0.5) is 0 Å². The third kappa shape index (κ3) is 6.17. The Morgan fingerprint density at radius 2 is 2.07 bits per heavy atom. The van der Waals surface area contributed by atoms with Crippen LogP contribution in [0.2, 0.25) is 0 Å². The minimum absolute atomic E-state index is 0.0209. The Hall–Kier alpha value is -3.15. The molecule has 1 aliphatic heterocycles. The molecule has 3 rings (SSSR count). The number of ether oxygens (including phenoxy) is 1. The number of hydrogen-bond donors (Lipinski definition) is 1. The van der Waals surface area contributed by atoms with Crippen LogP contribution in [0.15, 0.2) is 61.3 Å². The summed E-state index contributed by atoms with van der Waals surface area (Å²) in [5, 5.41) is 2.93. The number of benzene rings is 1. The number of nitrogens with zero attached hydrogens (tertiary/aromatic N) is 2. The van der Waals surface area contributed by atoms with Crippen LogP contribution in [0.5, 0.6) is 5.75 Å². The highest BCUT2D eigenvalue weighted by Gasteiger charge is 2.30. The van der Waals surface area contributed by atoms with Crippen LogP contribution >= 0.6 is 0 Å². The topological polar surface area (TPSA) is 71.5 Å². The van der Waals surface area contributed by atoms with E-state index in [1.54, 1.807) is 17.2 Å². The lowest BCUT2D eigenvalue weighted by Gasteiger charge is -2.30. The molecule has 1 aliphatic rings. The second-order valence-corrected chi connectivity index (χ2v) is 7.41. The molecule has 1 atom stereocenters. The monoisotopic (exact) mass is 407 g/mol. The SMILES string of the molecule is C=CCCC(=O)N(Cc1ccc(OCc2ccccn2)cc1)[C@H]1CCCCNC1=O. The maximum atomic E-state index is 12.9. The fourth-order valence-corrected chi connectivity index (χ4v) is 3.49. The van der Waals surface area contributed by atoms with Crippen molar-refractivity contribution in [3.05, 3.63) is 72.6 Å². The maximum absolute atomic E-state index is 12.9. The summed E-state index contributed by atoms with van der Waals surface area (Å²) in [4.78, 5) is 31.4. The highest BCUT2D eigenvalue weighted by molar-refractivity contribution is 5.87. The molecule has 1 fully saturated rings. The molecule has 0 aliphatic carbocycles. The first-order valence-electron chi connectivity index (χ1n) is 10.5. The molecule has 1 N–H and O–H groups in total. The van der Waals surface area contributed by atoms with Crippen molar-refractivity contribution in [2.75, 3.05) is 6.54 Å². The third-order valence-electron chi connectivity index (χ3n) is 5.15. The predicted molar refractivity (Wildman–Crippen MR) is 116 cm³/mol. The summed E-state index contributed by atoms with van der Waals surface area (Å²) in [5.41, 5.74) is 1.82. The summed E-state index contributed by atoms with van der Waals surface area (Å²) in [5.74, 6) is 0.656. The van der Waals surface area contributed by atoms with Crippen LogP contribution in [-0.2, 0) is 22.7 Å². The molecule has 0 spiro atoms. The highest BCUT2D eigenvalue weighted by Crippen LogP contribution is 2.20. The number of aromatic nitrogens is 1. The van der Waals surface area contributed by atoms with Crippen LogP contribution in [-0.4, -0.2) is 34.3 Å². The first kappa shape index (κ1) is 21.6. The van der Waals surface area contributed by atoms with Crippen molar-refractivity contribution in [2.24, 2.45) is 0 Å². The Kier molecular flexibility index (Phi) is 8.01. The van der Waals surface area contributed by atoms with Crippen molar-refractivity contribution in [3.63, 3.8) is 0 Å². The van der Waals surface area contributed by atoms with Gasteiger partial charge < -0.3 is 15.0 Å². The Labute approximate surface area is 178 Å². The Morgan fingerprint density at radius 1 is 1.23 bits per heavy atom. The molecule has 6 nitrogen and oxygen atoms in total. The van der Waals surface area contributed by atoms with Gasteiger partial charge in [-0.3, -0.25) is 14.6 Å². The zero-order valence-electron chi connectivity index (χ0n) is 17.3. The van der Waals surface area contributed by atoms with E-state index >= 15 is 0 Å². The molecule has 0 unspecified atom stereocenters. The molecule has 6 heteroatoms. The van der Waals surface area contributed by atoms with Gasteiger partial charge in [0.25, 0.3) is 0 Å². The molecular weight excluding hydrogens is 378 g/mol. The lowest BCUT2D eigenvalue weighted by Crippen LogP contribution is -2.48. The number of nitrogens with one attached hydrogen (secondary N) is 1. The third-order valence-corrected chi connectivity index (χ3v) is 5.15. The summed E-state index contributed by atoms with van der Waals surface area (Å²) < 4.78 is 5.78. The standard InChI is InChI=1S/C24H29N3O3/c1-2-3-10-23(28)27(22-9-5-7-16-26-24(22)29)17-19-11-13-21(14-12-19)30-18-20-8-4-6-15-25-20/h2,4,6,8,11-15,22H,1,3,5,7,9-10,16-18H2,(H,26,29)/t22-/m0/s1. The van der Waals surface area contributed by atoms with Gasteiger partial charge in [-0.2, -0.15) is 0 Å². The second-order valence-electron chi connectivity index (χ2n) is 7.41. The first-order valence-corrected chi connectivity index (χ1v) is 10.5. The number of amides is 2. The van der Waals surface area contributed by atoms with E-state index < -0.39 is 6.04 Å². The molecule has 0 bridgehead atoms. The van der Waals surface area contributed by atoms with Gasteiger partial charge >= 0.3 is 0 Å². The van der Waals surface area contributed by atoms with Gasteiger partial charge in [0.15, 0.2) is 0 Å². The van der Waals surface area contributed by atoms with Gasteiger partial charge in [0.2, 0.25) is 11.8 Å². The largest absolute Gasteiger partial charge is 0.487 e. The minimum atomic E-state index is -0.426. The van der Waals surface area contributed by atoms with E-state index in [-0.39, 0.29) is 11.8 Å². The summed E-state index contributed by atoms with van der Waals surface area (Å²) in [6.45, 7) is 5.17. The lowest BCUT2D eigenvalue weighted by atomic mass is 10.1. The fraction of sp³-hybridized carbons (Fsp3) is 0.375. The van der Waals surface area contributed by atoms with E-state index in [1.165, 1.54) is 0 Å². The fourth-order valence-electron chi connectivity index (χ4n) is 3.49. The first-order chi connectivity index (χ1) is 14.7. The average Bonchev–Trinajstić information content (AvgIpc) is 3.00. The van der Waals surface area contributed by atoms with Gasteiger partial charge in [0, 0.05) is 25.7 Å². The van der Waals surface area contributed by atoms with Crippen molar-refractivity contribution in [1.82, 2.24) is 15.2 Å². The van der Waals surface area contributed by atoms with Crippen LogP contribution in [0, 0.1) is 0 Å². The van der Waals surface area contributed by atoms with E-state index in [9.17, 15) is 9.59 Å². The number of carbonyl (C=O) groups excluding carboxylic acids is 2. The summed E-state index contributed by atoms with van der Waals surface area (Å²) in [6.07, 6.45) is 6.99. The quantitative estimate of drug-likeness (QED) is 0.645. The van der Waals surface area contributed by atoms with Crippen molar-refractivity contribution >= 4 is 11.8 Å². The number of rotatable bonds is 9. The van der Waals surface area contributed by atoms with Crippen LogP contribution in [0.3, 0.4) is 0 Å². The van der Waals surface area contributed by atoms with Crippen molar-refractivity contribution in [2.45, 2.75) is 51.3 Å². The van der Waals surface area contributed by atoms with Crippen LogP contribution in [0.25, 0.3) is 0 Å². The molecule has 30 heavy (non-hydrogen) atoms. The van der Waals surface area contributed by atoms with E-state index in [4.69, 9.17) is 4.74 Å². The van der Waals surface area contributed by atoms with Gasteiger partial charge in [-0.05, 0) is 55.5 Å². The zero-order chi connectivity index (χ0) is 21.2. The molecule has 1 aromatic heterocycles. The second kappa shape index (κ2) is 11.1. The normalized spacial score (nSPS) is 16.3. The smallest absolute Gasteiger partial charge is 0.242 e. The molecular formula is C24H29N3O3. The van der Waals surface area contributed by atoms with Crippen LogP contribution < -0.4 is 10.1 Å². The van der Waals surface area contributed by atoms with Gasteiger partial charge in [-0.15, -0.1) is 6.58 Å². The summed E-state index contributed by atoms with van der Waals surface area (Å²) in [6, 6.07) is 12.9. The molecule has 2 heterocycles. The molecule has 2 aromatic rings. The predicted octanol–water partition coefficient (Wildman–Crippen LogP) is 3.62. The van der Waals surface area contributed by atoms with Gasteiger partial charge in [-0.1, -0.05) is 24.3 Å². The van der Waals surface area contributed by atoms with E-state index in [0.29, 0.717) is 39.0 Å². The maximum Gasteiger partial charge on any atom is 0.242 e. The minimum Gasteiger partial charge on any atom is -0.487 e. The molecule has 2 amide bonds. The summed E-state index contributed by atoms with van der Waals surface area (Å²) >= 11 is 0. The van der Waals surface area contributed by atoms with E-state index in [0.717, 1.165) is 29.8 Å². The zero-order valence-corrected chi connectivity index (χ0v) is 17.3. The number of pyridine rings is 1. The molecule has 158 valence electrons. The molecule has 1 saturated heterocycles. The lowest BCUT2D eigenvalue weighted by molar-refractivity contribution is -0.141. The van der Waals surface area contributed by atoms with E-state index in [2.05, 4.69) is 16.9 Å². The average molecular weight is 408 g/mol. The van der Waals surface area contributed by atoms with Gasteiger partial charge in [0.1, 0.15) is 18.4 Å². The molecule has 0 saturated carbocycles. The highest BCUT2D eigenvalue weighted by atomic mass is 16.5. The van der Waals surface area contributed by atoms with Gasteiger partial charge in [0.05, 0.1) is 5.69 Å². The number of allylic oxidation sites excluding steroid dienone is 1. The van der Waals surface area contributed by atoms with Crippen molar-refractivity contribution in [1.29, 1.82) is 0 Å². The number of carbonyl (C=O) groups is 2. The van der Waals surface area contributed by atoms with Crippen molar-refractivity contribution < 1.29 is 14.3 Å². The molecule has 0 radical (unpaired) electrons. The molecule has 1 aromatic carbocycles. The van der Waals surface area contributed by atoms with Gasteiger partial charge in [-0.25, -0.2) is 0 Å². The Morgan fingerprint density at radius 3 is 2.80 bits per heavy atom. The van der Waals surface area contributed by atoms with Crippen molar-refractivity contribution in [3.8, 4) is 5.75 Å².